The summed E-state index contributed by atoms with van der Waals surface area (Å²) >= 11 is 0. The lowest BCUT2D eigenvalue weighted by atomic mass is 9.57. The maximum atomic E-state index is 8.83. The van der Waals surface area contributed by atoms with E-state index in [1.807, 2.05) is 0 Å². The van der Waals surface area contributed by atoms with Gasteiger partial charge in [-0.15, -0.1) is 0 Å². The van der Waals surface area contributed by atoms with E-state index in [0.717, 1.165) is 19.4 Å². The van der Waals surface area contributed by atoms with E-state index in [4.69, 9.17) is 9.84 Å². The van der Waals surface area contributed by atoms with Gasteiger partial charge in [0.2, 0.25) is 0 Å². The van der Waals surface area contributed by atoms with Gasteiger partial charge in [-0.05, 0) is 26.2 Å². The van der Waals surface area contributed by atoms with Gasteiger partial charge in [0.25, 0.3) is 0 Å². The molecule has 1 saturated carbocycles. The SMILES string of the molecule is CC(CCCO)NC1C2CCOC2C1(C)C. The average molecular weight is 227 g/mol. The third kappa shape index (κ3) is 2.01. The topological polar surface area (TPSA) is 41.5 Å². The van der Waals surface area contributed by atoms with E-state index in [2.05, 4.69) is 26.1 Å². The molecule has 2 rings (SSSR count). The number of fused-ring (bicyclic) bond motifs is 1. The van der Waals surface area contributed by atoms with E-state index in [-0.39, 0.29) is 5.41 Å². The molecule has 1 heterocycles. The van der Waals surface area contributed by atoms with Gasteiger partial charge >= 0.3 is 0 Å². The number of aliphatic hydroxyl groups excluding tert-OH is 1. The lowest BCUT2D eigenvalue weighted by molar-refractivity contribution is -0.115. The van der Waals surface area contributed by atoms with Crippen LogP contribution in [0.2, 0.25) is 0 Å². The Morgan fingerprint density at radius 3 is 2.94 bits per heavy atom. The lowest BCUT2D eigenvalue weighted by Gasteiger charge is -2.55. The summed E-state index contributed by atoms with van der Waals surface area (Å²) in [6.07, 6.45) is 3.63. The predicted molar refractivity (Wildman–Crippen MR) is 64.3 cm³/mol. The molecule has 0 amide bonds. The maximum Gasteiger partial charge on any atom is 0.0685 e. The Morgan fingerprint density at radius 2 is 2.25 bits per heavy atom. The second-order valence-electron chi connectivity index (χ2n) is 5.98. The molecule has 2 fully saturated rings. The first-order valence-corrected chi connectivity index (χ1v) is 6.56. The third-order valence-electron chi connectivity index (χ3n) is 4.36. The highest BCUT2D eigenvalue weighted by Gasteiger charge is 2.59. The van der Waals surface area contributed by atoms with Gasteiger partial charge in [0.1, 0.15) is 0 Å². The van der Waals surface area contributed by atoms with Crippen LogP contribution in [0.4, 0.5) is 0 Å². The minimum atomic E-state index is 0.272. The van der Waals surface area contributed by atoms with E-state index in [9.17, 15) is 0 Å². The minimum Gasteiger partial charge on any atom is -0.396 e. The molecule has 4 atom stereocenters. The molecule has 0 aromatic carbocycles. The van der Waals surface area contributed by atoms with Gasteiger partial charge in [0.05, 0.1) is 6.10 Å². The fraction of sp³-hybridized carbons (Fsp3) is 1.00. The van der Waals surface area contributed by atoms with Crippen LogP contribution in [0.3, 0.4) is 0 Å². The summed E-state index contributed by atoms with van der Waals surface area (Å²) in [5.41, 5.74) is 0.272. The molecule has 2 N–H and O–H groups in total. The van der Waals surface area contributed by atoms with Crippen molar-refractivity contribution in [3.8, 4) is 0 Å². The Balaban J connectivity index is 1.85. The van der Waals surface area contributed by atoms with Gasteiger partial charge in [-0.3, -0.25) is 0 Å². The fourth-order valence-corrected chi connectivity index (χ4v) is 3.45. The molecule has 1 saturated heterocycles. The zero-order valence-corrected chi connectivity index (χ0v) is 10.7. The lowest BCUT2D eigenvalue weighted by Crippen LogP contribution is -2.67. The Bertz CT molecular complexity index is 242. The first-order chi connectivity index (χ1) is 7.57. The Morgan fingerprint density at radius 1 is 1.50 bits per heavy atom. The Kier molecular flexibility index (Phi) is 3.57. The van der Waals surface area contributed by atoms with Gasteiger partial charge < -0.3 is 15.2 Å². The van der Waals surface area contributed by atoms with Crippen LogP contribution in [0, 0.1) is 11.3 Å². The standard InChI is InChI=1S/C13H25NO2/c1-9(5-4-7-15)14-11-10-6-8-16-12(10)13(11,2)3/h9-12,14-15H,4-8H2,1-3H3. The Hall–Kier alpha value is -0.120. The zero-order valence-electron chi connectivity index (χ0n) is 10.7. The normalized spacial score (nSPS) is 37.9. The summed E-state index contributed by atoms with van der Waals surface area (Å²) < 4.78 is 5.78. The molecule has 0 aromatic rings. The number of ether oxygens (including phenoxy) is 1. The largest absolute Gasteiger partial charge is 0.396 e. The second kappa shape index (κ2) is 4.63. The Labute approximate surface area is 98.6 Å². The maximum absolute atomic E-state index is 8.83. The molecule has 94 valence electrons. The van der Waals surface area contributed by atoms with Crippen LogP contribution in [0.25, 0.3) is 0 Å². The second-order valence-corrected chi connectivity index (χ2v) is 5.98. The van der Waals surface area contributed by atoms with Crippen molar-refractivity contribution >= 4 is 0 Å². The highest BCUT2D eigenvalue weighted by Crippen LogP contribution is 2.52. The van der Waals surface area contributed by atoms with E-state index >= 15 is 0 Å². The van der Waals surface area contributed by atoms with Gasteiger partial charge in [-0.1, -0.05) is 13.8 Å². The molecular weight excluding hydrogens is 202 g/mol. The molecule has 2 aliphatic rings. The highest BCUT2D eigenvalue weighted by atomic mass is 16.5. The van der Waals surface area contributed by atoms with Crippen molar-refractivity contribution in [2.45, 2.75) is 58.2 Å². The van der Waals surface area contributed by atoms with Crippen LogP contribution in [0.5, 0.6) is 0 Å². The van der Waals surface area contributed by atoms with Crippen molar-refractivity contribution in [2.24, 2.45) is 11.3 Å². The molecule has 1 aliphatic carbocycles. The van der Waals surface area contributed by atoms with E-state index in [0.29, 0.717) is 30.7 Å². The molecule has 0 radical (unpaired) electrons. The number of hydrogen-bond donors (Lipinski definition) is 2. The van der Waals surface area contributed by atoms with Crippen LogP contribution in [-0.2, 0) is 4.74 Å². The summed E-state index contributed by atoms with van der Waals surface area (Å²) in [5.74, 6) is 0.714. The number of nitrogens with one attached hydrogen (secondary N) is 1. The van der Waals surface area contributed by atoms with Crippen molar-refractivity contribution in [3.05, 3.63) is 0 Å². The van der Waals surface area contributed by atoms with Gasteiger partial charge in [0.15, 0.2) is 0 Å². The molecular formula is C13H25NO2. The average Bonchev–Trinajstić information content (AvgIpc) is 2.69. The summed E-state index contributed by atoms with van der Waals surface area (Å²) in [6.45, 7) is 8.05. The summed E-state index contributed by atoms with van der Waals surface area (Å²) in [4.78, 5) is 0. The van der Waals surface area contributed by atoms with Gasteiger partial charge in [-0.25, -0.2) is 0 Å². The van der Waals surface area contributed by atoms with Crippen molar-refractivity contribution in [1.82, 2.24) is 5.32 Å². The number of aliphatic hydroxyl groups is 1. The van der Waals surface area contributed by atoms with E-state index in [1.165, 1.54) is 6.42 Å². The van der Waals surface area contributed by atoms with Crippen LogP contribution in [0.1, 0.15) is 40.0 Å². The van der Waals surface area contributed by atoms with Crippen LogP contribution in [0.15, 0.2) is 0 Å². The molecule has 4 unspecified atom stereocenters. The molecule has 1 aliphatic heterocycles. The van der Waals surface area contributed by atoms with E-state index in [1.54, 1.807) is 0 Å². The van der Waals surface area contributed by atoms with Gasteiger partial charge in [0, 0.05) is 36.6 Å². The van der Waals surface area contributed by atoms with Gasteiger partial charge in [-0.2, -0.15) is 0 Å². The molecule has 16 heavy (non-hydrogen) atoms. The van der Waals surface area contributed by atoms with Crippen LogP contribution >= 0.6 is 0 Å². The van der Waals surface area contributed by atoms with Crippen LogP contribution < -0.4 is 5.32 Å². The van der Waals surface area contributed by atoms with E-state index < -0.39 is 0 Å². The summed E-state index contributed by atoms with van der Waals surface area (Å²) in [5, 5.41) is 12.5. The van der Waals surface area contributed by atoms with Crippen molar-refractivity contribution < 1.29 is 9.84 Å². The number of hydrogen-bond acceptors (Lipinski definition) is 3. The summed E-state index contributed by atoms with van der Waals surface area (Å²) in [7, 11) is 0. The minimum absolute atomic E-state index is 0.272. The van der Waals surface area contributed by atoms with Crippen molar-refractivity contribution in [2.75, 3.05) is 13.2 Å². The predicted octanol–water partition coefficient (Wildman–Crippen LogP) is 1.55. The molecule has 0 spiro atoms. The first-order valence-electron chi connectivity index (χ1n) is 6.56. The number of rotatable bonds is 5. The third-order valence-corrected chi connectivity index (χ3v) is 4.36. The molecule has 3 nitrogen and oxygen atoms in total. The van der Waals surface area contributed by atoms with Crippen LogP contribution in [-0.4, -0.2) is 36.5 Å². The molecule has 0 aromatic heterocycles. The summed E-state index contributed by atoms with van der Waals surface area (Å²) in [6, 6.07) is 1.09. The quantitative estimate of drug-likeness (QED) is 0.749. The van der Waals surface area contributed by atoms with Crippen molar-refractivity contribution in [1.29, 1.82) is 0 Å². The zero-order chi connectivity index (χ0) is 11.8. The highest BCUT2D eigenvalue weighted by molar-refractivity contribution is 5.11. The molecule has 3 heteroatoms. The monoisotopic (exact) mass is 227 g/mol. The smallest absolute Gasteiger partial charge is 0.0685 e. The van der Waals surface area contributed by atoms with Crippen molar-refractivity contribution in [3.63, 3.8) is 0 Å². The molecule has 0 bridgehead atoms. The fourth-order valence-electron chi connectivity index (χ4n) is 3.45. The first kappa shape index (κ1) is 12.3.